The monoisotopic (exact) mass is 192 g/mol. The number of alkyl halides is 2. The molecule has 1 aliphatic heterocycles. The van der Waals surface area contributed by atoms with Crippen molar-refractivity contribution in [3.63, 3.8) is 0 Å². The minimum absolute atomic E-state index is 0.0653. The minimum atomic E-state index is -2.52. The lowest BCUT2D eigenvalue weighted by Gasteiger charge is -2.42. The van der Waals surface area contributed by atoms with Gasteiger partial charge in [0.25, 0.3) is 5.92 Å². The Balaban J connectivity index is 1.82. The molecule has 2 atom stereocenters. The van der Waals surface area contributed by atoms with Gasteiger partial charge in [-0.15, -0.1) is 0 Å². The van der Waals surface area contributed by atoms with Gasteiger partial charge in [0.15, 0.2) is 0 Å². The first-order valence-electron chi connectivity index (χ1n) is 4.50. The van der Waals surface area contributed by atoms with Crippen LogP contribution in [0.1, 0.15) is 12.8 Å². The smallest absolute Gasteiger partial charge is 0.251 e. The van der Waals surface area contributed by atoms with E-state index in [0.717, 1.165) is 0 Å². The molecule has 0 aromatic heterocycles. The molecule has 1 heterocycles. The number of nitrogens with one attached hydrogen (secondary N) is 1. The summed E-state index contributed by atoms with van der Waals surface area (Å²) in [4.78, 5) is 0. The van der Waals surface area contributed by atoms with Gasteiger partial charge in [-0.25, -0.2) is 8.78 Å². The molecule has 1 saturated heterocycles. The summed E-state index contributed by atoms with van der Waals surface area (Å²) in [5.74, 6) is -3.13. The van der Waals surface area contributed by atoms with Crippen molar-refractivity contribution in [2.24, 2.45) is 11.7 Å². The molecule has 0 spiro atoms. The summed E-state index contributed by atoms with van der Waals surface area (Å²) >= 11 is 0. The predicted molar refractivity (Wildman–Crippen MR) is 43.5 cm³/mol. The van der Waals surface area contributed by atoms with Crippen molar-refractivity contribution in [1.82, 2.24) is 5.32 Å². The van der Waals surface area contributed by atoms with Crippen molar-refractivity contribution in [2.75, 3.05) is 13.1 Å². The van der Waals surface area contributed by atoms with Gasteiger partial charge in [0.1, 0.15) is 5.60 Å². The van der Waals surface area contributed by atoms with Gasteiger partial charge >= 0.3 is 0 Å². The number of halogens is 2. The van der Waals surface area contributed by atoms with Crippen LogP contribution in [0.15, 0.2) is 0 Å². The summed E-state index contributed by atoms with van der Waals surface area (Å²) in [6, 6.07) is -0.521. The third-order valence-corrected chi connectivity index (χ3v) is 3.05. The van der Waals surface area contributed by atoms with E-state index in [1.165, 1.54) is 0 Å². The van der Waals surface area contributed by atoms with Crippen molar-refractivity contribution < 1.29 is 13.9 Å². The second-order valence-corrected chi connectivity index (χ2v) is 4.21. The molecule has 76 valence electrons. The zero-order chi connectivity index (χ0) is 9.69. The van der Waals surface area contributed by atoms with Gasteiger partial charge in [0, 0.05) is 31.5 Å². The van der Waals surface area contributed by atoms with Gasteiger partial charge in [-0.2, -0.15) is 0 Å². The average molecular weight is 192 g/mol. The topological polar surface area (TPSA) is 58.3 Å². The SMILES string of the molecule is NC(CC1CC1(F)F)C1(O)CNC1. The molecule has 1 aliphatic carbocycles. The molecule has 2 rings (SSSR count). The van der Waals surface area contributed by atoms with Gasteiger partial charge in [0.05, 0.1) is 0 Å². The Morgan fingerprint density at radius 2 is 2.08 bits per heavy atom. The Kier molecular flexibility index (Phi) is 1.87. The highest BCUT2D eigenvalue weighted by atomic mass is 19.3. The Morgan fingerprint density at radius 1 is 1.54 bits per heavy atom. The lowest BCUT2D eigenvalue weighted by atomic mass is 9.85. The molecule has 13 heavy (non-hydrogen) atoms. The summed E-state index contributed by atoms with van der Waals surface area (Å²) in [7, 11) is 0. The van der Waals surface area contributed by atoms with Gasteiger partial charge in [-0.1, -0.05) is 0 Å². The molecule has 0 radical (unpaired) electrons. The second kappa shape index (κ2) is 2.62. The predicted octanol–water partition coefficient (Wildman–Crippen LogP) is -0.307. The van der Waals surface area contributed by atoms with Crippen LogP contribution in [0.5, 0.6) is 0 Å². The van der Waals surface area contributed by atoms with Crippen LogP contribution in [0.2, 0.25) is 0 Å². The normalized spacial score (nSPS) is 36.5. The van der Waals surface area contributed by atoms with E-state index in [0.29, 0.717) is 13.1 Å². The molecule has 1 saturated carbocycles. The van der Waals surface area contributed by atoms with E-state index in [-0.39, 0.29) is 12.8 Å². The number of β-amino-alcohol motifs (C(OH)–C–C–N with tert-alkyl or cyclic N) is 1. The molecule has 0 amide bonds. The van der Waals surface area contributed by atoms with Crippen molar-refractivity contribution in [3.8, 4) is 0 Å². The Labute approximate surface area is 75.3 Å². The van der Waals surface area contributed by atoms with E-state index in [2.05, 4.69) is 5.32 Å². The molecule has 5 heteroatoms. The maximum atomic E-state index is 12.5. The fourth-order valence-electron chi connectivity index (χ4n) is 1.69. The van der Waals surface area contributed by atoms with Crippen LogP contribution in [0, 0.1) is 5.92 Å². The molecule has 0 bridgehead atoms. The number of hydrogen-bond acceptors (Lipinski definition) is 3. The number of aliphatic hydroxyl groups is 1. The van der Waals surface area contributed by atoms with E-state index in [1.807, 2.05) is 0 Å². The van der Waals surface area contributed by atoms with Gasteiger partial charge < -0.3 is 16.2 Å². The van der Waals surface area contributed by atoms with Gasteiger partial charge in [0.2, 0.25) is 0 Å². The summed E-state index contributed by atoms with van der Waals surface area (Å²) < 4.78 is 25.0. The first-order chi connectivity index (χ1) is 5.94. The first kappa shape index (κ1) is 9.30. The summed E-state index contributed by atoms with van der Waals surface area (Å²) in [5.41, 5.74) is 4.71. The zero-order valence-corrected chi connectivity index (χ0v) is 7.26. The second-order valence-electron chi connectivity index (χ2n) is 4.21. The van der Waals surface area contributed by atoms with Crippen molar-refractivity contribution in [3.05, 3.63) is 0 Å². The Bertz CT molecular complexity index is 218. The highest BCUT2D eigenvalue weighted by Gasteiger charge is 2.58. The molecule has 4 N–H and O–H groups in total. The lowest BCUT2D eigenvalue weighted by molar-refractivity contribution is -0.0386. The fourth-order valence-corrected chi connectivity index (χ4v) is 1.69. The molecule has 2 aliphatic rings. The van der Waals surface area contributed by atoms with Crippen LogP contribution in [-0.2, 0) is 0 Å². The quantitative estimate of drug-likeness (QED) is 0.575. The molecule has 3 nitrogen and oxygen atoms in total. The van der Waals surface area contributed by atoms with E-state index in [9.17, 15) is 13.9 Å². The van der Waals surface area contributed by atoms with Crippen LogP contribution < -0.4 is 11.1 Å². The standard InChI is InChI=1S/C8H14F2N2O/c9-8(10)2-5(8)1-6(11)7(13)3-12-4-7/h5-6,12-13H,1-4,11H2. The van der Waals surface area contributed by atoms with Crippen LogP contribution in [0.4, 0.5) is 8.78 Å². The third-order valence-electron chi connectivity index (χ3n) is 3.05. The first-order valence-corrected chi connectivity index (χ1v) is 4.50. The number of rotatable bonds is 3. The van der Waals surface area contributed by atoms with E-state index in [1.54, 1.807) is 0 Å². The molecule has 0 aromatic rings. The highest BCUT2D eigenvalue weighted by Crippen LogP contribution is 2.51. The zero-order valence-electron chi connectivity index (χ0n) is 7.26. The average Bonchev–Trinajstić information content (AvgIpc) is 2.53. The van der Waals surface area contributed by atoms with E-state index in [4.69, 9.17) is 5.73 Å². The summed E-state index contributed by atoms with van der Waals surface area (Å²) in [6.45, 7) is 0.846. The largest absolute Gasteiger partial charge is 0.386 e. The van der Waals surface area contributed by atoms with Gasteiger partial charge in [-0.3, -0.25) is 0 Å². The number of hydrogen-bond donors (Lipinski definition) is 3. The maximum Gasteiger partial charge on any atom is 0.251 e. The summed E-state index contributed by atoms with van der Waals surface area (Å²) in [5, 5.41) is 12.6. The van der Waals surface area contributed by atoms with Crippen LogP contribution in [0.25, 0.3) is 0 Å². The molecule has 2 fully saturated rings. The Hall–Kier alpha value is -0.260. The van der Waals surface area contributed by atoms with Crippen molar-refractivity contribution in [1.29, 1.82) is 0 Å². The molecule has 2 unspecified atom stereocenters. The molecular weight excluding hydrogens is 178 g/mol. The molecule has 0 aromatic carbocycles. The van der Waals surface area contributed by atoms with Crippen molar-refractivity contribution >= 4 is 0 Å². The summed E-state index contributed by atoms with van der Waals surface area (Å²) in [6.07, 6.45) is 0.162. The van der Waals surface area contributed by atoms with E-state index >= 15 is 0 Å². The van der Waals surface area contributed by atoms with Crippen molar-refractivity contribution in [2.45, 2.75) is 30.4 Å². The van der Waals surface area contributed by atoms with Crippen LogP contribution in [-0.4, -0.2) is 35.8 Å². The highest BCUT2D eigenvalue weighted by molar-refractivity contribution is 5.05. The van der Waals surface area contributed by atoms with E-state index < -0.39 is 23.5 Å². The fraction of sp³-hybridized carbons (Fsp3) is 1.00. The van der Waals surface area contributed by atoms with Gasteiger partial charge in [-0.05, 0) is 6.42 Å². The maximum absolute atomic E-state index is 12.5. The minimum Gasteiger partial charge on any atom is -0.386 e. The lowest BCUT2D eigenvalue weighted by Crippen LogP contribution is -2.68. The third kappa shape index (κ3) is 1.56. The Morgan fingerprint density at radius 3 is 2.38 bits per heavy atom. The number of nitrogens with two attached hydrogens (primary N) is 1. The van der Waals surface area contributed by atoms with Crippen LogP contribution >= 0.6 is 0 Å². The molecular formula is C8H14F2N2O. The van der Waals surface area contributed by atoms with Crippen LogP contribution in [0.3, 0.4) is 0 Å².